The van der Waals surface area contributed by atoms with E-state index in [1.54, 1.807) is 0 Å². The Balaban J connectivity index is 1.83. The normalized spacial score (nSPS) is 33.5. The third kappa shape index (κ3) is 2.22. The van der Waals surface area contributed by atoms with E-state index in [9.17, 15) is 5.11 Å². The second kappa shape index (κ2) is 4.40. The predicted octanol–water partition coefficient (Wildman–Crippen LogP) is 0.810. The van der Waals surface area contributed by atoms with Crippen molar-refractivity contribution in [1.82, 2.24) is 0 Å². The van der Waals surface area contributed by atoms with Crippen LogP contribution < -0.4 is 0 Å². The quantitative estimate of drug-likeness (QED) is 0.693. The molecule has 3 heteroatoms. The van der Waals surface area contributed by atoms with Gasteiger partial charge in [0.15, 0.2) is 0 Å². The Morgan fingerprint density at radius 1 is 0.923 bits per heavy atom. The summed E-state index contributed by atoms with van der Waals surface area (Å²) in [4.78, 5) is 0. The van der Waals surface area contributed by atoms with Crippen LogP contribution in [0.2, 0.25) is 0 Å². The van der Waals surface area contributed by atoms with E-state index in [2.05, 4.69) is 0 Å². The zero-order valence-electron chi connectivity index (χ0n) is 7.95. The summed E-state index contributed by atoms with van der Waals surface area (Å²) in [5.41, 5.74) is 0. The van der Waals surface area contributed by atoms with Gasteiger partial charge >= 0.3 is 0 Å². The van der Waals surface area contributed by atoms with Gasteiger partial charge < -0.3 is 14.6 Å². The summed E-state index contributed by atoms with van der Waals surface area (Å²) in [6, 6.07) is 0. The van der Waals surface area contributed by atoms with Gasteiger partial charge in [0.25, 0.3) is 0 Å². The van der Waals surface area contributed by atoms with Crippen LogP contribution in [-0.2, 0) is 9.47 Å². The molecule has 2 unspecified atom stereocenters. The fourth-order valence-electron chi connectivity index (χ4n) is 2.26. The number of aliphatic hydroxyl groups excluding tert-OH is 1. The Kier molecular flexibility index (Phi) is 3.19. The van der Waals surface area contributed by atoms with Crippen LogP contribution in [0, 0.1) is 11.8 Å². The van der Waals surface area contributed by atoms with Crippen LogP contribution in [0.15, 0.2) is 0 Å². The van der Waals surface area contributed by atoms with Crippen molar-refractivity contribution in [3.8, 4) is 0 Å². The van der Waals surface area contributed by atoms with Gasteiger partial charge in [0.1, 0.15) is 0 Å². The van der Waals surface area contributed by atoms with Crippen LogP contribution in [0.4, 0.5) is 0 Å². The Morgan fingerprint density at radius 2 is 1.54 bits per heavy atom. The smallest absolute Gasteiger partial charge is 0.0621 e. The first-order chi connectivity index (χ1) is 6.38. The number of hydrogen-bond acceptors (Lipinski definition) is 3. The summed E-state index contributed by atoms with van der Waals surface area (Å²) in [5.74, 6) is 0.823. The van der Waals surface area contributed by atoms with Gasteiger partial charge in [-0.05, 0) is 25.2 Å². The summed E-state index contributed by atoms with van der Waals surface area (Å²) in [6.07, 6.45) is 2.89. The maximum atomic E-state index is 10.0. The first-order valence-corrected chi connectivity index (χ1v) is 5.21. The minimum Gasteiger partial charge on any atom is -0.392 e. The lowest BCUT2D eigenvalue weighted by molar-refractivity contribution is -0.0189. The fraction of sp³-hybridized carbons (Fsp3) is 1.00. The van der Waals surface area contributed by atoms with Gasteiger partial charge in [-0.3, -0.25) is 0 Å². The molecule has 2 atom stereocenters. The highest BCUT2D eigenvalue weighted by molar-refractivity contribution is 4.80. The van der Waals surface area contributed by atoms with Crippen molar-refractivity contribution in [3.63, 3.8) is 0 Å². The van der Waals surface area contributed by atoms with Crippen molar-refractivity contribution in [3.05, 3.63) is 0 Å². The highest BCUT2D eigenvalue weighted by atomic mass is 16.5. The molecule has 0 saturated carbocycles. The Labute approximate surface area is 79.0 Å². The highest BCUT2D eigenvalue weighted by Crippen LogP contribution is 2.27. The van der Waals surface area contributed by atoms with Crippen LogP contribution in [0.1, 0.15) is 19.3 Å². The molecule has 0 amide bonds. The van der Waals surface area contributed by atoms with Crippen molar-refractivity contribution < 1.29 is 14.6 Å². The van der Waals surface area contributed by atoms with E-state index < -0.39 is 0 Å². The van der Waals surface area contributed by atoms with Crippen LogP contribution in [0.5, 0.6) is 0 Å². The first kappa shape index (κ1) is 9.44. The van der Waals surface area contributed by atoms with E-state index in [0.717, 1.165) is 45.7 Å². The minimum absolute atomic E-state index is 0.161. The second-order valence-electron chi connectivity index (χ2n) is 4.06. The second-order valence-corrected chi connectivity index (χ2v) is 4.06. The number of ether oxygens (including phenoxy) is 2. The molecular formula is C10H18O3. The summed E-state index contributed by atoms with van der Waals surface area (Å²) in [7, 11) is 0. The molecule has 2 rings (SSSR count). The molecule has 0 aromatic rings. The molecule has 2 heterocycles. The van der Waals surface area contributed by atoms with E-state index in [-0.39, 0.29) is 6.10 Å². The molecule has 2 fully saturated rings. The van der Waals surface area contributed by atoms with Crippen LogP contribution >= 0.6 is 0 Å². The molecule has 3 nitrogen and oxygen atoms in total. The lowest BCUT2D eigenvalue weighted by Gasteiger charge is -2.29. The van der Waals surface area contributed by atoms with E-state index in [1.807, 2.05) is 0 Å². The summed E-state index contributed by atoms with van der Waals surface area (Å²) < 4.78 is 10.5. The fourth-order valence-corrected chi connectivity index (χ4v) is 2.26. The molecular weight excluding hydrogens is 168 g/mol. The lowest BCUT2D eigenvalue weighted by atomic mass is 9.85. The monoisotopic (exact) mass is 186 g/mol. The van der Waals surface area contributed by atoms with Gasteiger partial charge in [0.05, 0.1) is 12.7 Å². The van der Waals surface area contributed by atoms with E-state index in [1.165, 1.54) is 0 Å². The zero-order valence-corrected chi connectivity index (χ0v) is 7.95. The number of rotatable bonds is 2. The Morgan fingerprint density at radius 3 is 2.15 bits per heavy atom. The molecule has 0 aliphatic carbocycles. The topological polar surface area (TPSA) is 38.7 Å². The Bertz CT molecular complexity index is 148. The number of hydrogen-bond donors (Lipinski definition) is 1. The molecule has 0 aromatic carbocycles. The van der Waals surface area contributed by atoms with Crippen molar-refractivity contribution in [2.24, 2.45) is 11.8 Å². The Hall–Kier alpha value is -0.120. The van der Waals surface area contributed by atoms with Gasteiger partial charge in [-0.1, -0.05) is 0 Å². The molecule has 2 aliphatic rings. The summed E-state index contributed by atoms with van der Waals surface area (Å²) in [6.45, 7) is 3.20. The van der Waals surface area contributed by atoms with Crippen molar-refractivity contribution >= 4 is 0 Å². The van der Waals surface area contributed by atoms with Crippen LogP contribution in [-0.4, -0.2) is 37.6 Å². The molecule has 0 bridgehead atoms. The van der Waals surface area contributed by atoms with E-state index >= 15 is 0 Å². The SMILES string of the molecule is OC(C1CCOCC1)C1CCOC1. The molecule has 2 aliphatic heterocycles. The molecule has 0 radical (unpaired) electrons. The highest BCUT2D eigenvalue weighted by Gasteiger charge is 2.31. The average Bonchev–Trinajstić information content (AvgIpc) is 2.71. The molecule has 76 valence electrons. The third-order valence-corrected chi connectivity index (χ3v) is 3.20. The van der Waals surface area contributed by atoms with Gasteiger partial charge in [0, 0.05) is 25.7 Å². The number of aliphatic hydroxyl groups is 1. The standard InChI is InChI=1S/C10H18O3/c11-10(9-3-6-13-7-9)8-1-4-12-5-2-8/h8-11H,1-7H2. The molecule has 1 N–H and O–H groups in total. The van der Waals surface area contributed by atoms with Crippen molar-refractivity contribution in [2.45, 2.75) is 25.4 Å². The van der Waals surface area contributed by atoms with Crippen LogP contribution in [0.25, 0.3) is 0 Å². The largest absolute Gasteiger partial charge is 0.392 e. The summed E-state index contributed by atoms with van der Waals surface area (Å²) >= 11 is 0. The van der Waals surface area contributed by atoms with Crippen LogP contribution in [0.3, 0.4) is 0 Å². The van der Waals surface area contributed by atoms with Gasteiger partial charge in [-0.15, -0.1) is 0 Å². The third-order valence-electron chi connectivity index (χ3n) is 3.20. The maximum absolute atomic E-state index is 10.0. The first-order valence-electron chi connectivity index (χ1n) is 5.21. The van der Waals surface area contributed by atoms with E-state index in [4.69, 9.17) is 9.47 Å². The zero-order chi connectivity index (χ0) is 9.10. The van der Waals surface area contributed by atoms with Crippen molar-refractivity contribution in [1.29, 1.82) is 0 Å². The molecule has 2 saturated heterocycles. The average molecular weight is 186 g/mol. The minimum atomic E-state index is -0.161. The lowest BCUT2D eigenvalue weighted by Crippen LogP contribution is -2.33. The maximum Gasteiger partial charge on any atom is 0.0621 e. The molecule has 0 aromatic heterocycles. The molecule has 0 spiro atoms. The van der Waals surface area contributed by atoms with Gasteiger partial charge in [-0.25, -0.2) is 0 Å². The van der Waals surface area contributed by atoms with Gasteiger partial charge in [0.2, 0.25) is 0 Å². The predicted molar refractivity (Wildman–Crippen MR) is 48.5 cm³/mol. The van der Waals surface area contributed by atoms with Crippen molar-refractivity contribution in [2.75, 3.05) is 26.4 Å². The van der Waals surface area contributed by atoms with Gasteiger partial charge in [-0.2, -0.15) is 0 Å². The van der Waals surface area contributed by atoms with E-state index in [0.29, 0.717) is 11.8 Å². The summed E-state index contributed by atoms with van der Waals surface area (Å²) in [5, 5.41) is 10.0. The molecule has 13 heavy (non-hydrogen) atoms.